The van der Waals surface area contributed by atoms with Crippen molar-refractivity contribution in [2.45, 2.75) is 13.8 Å². The van der Waals surface area contributed by atoms with Crippen LogP contribution >= 0.6 is 23.8 Å². The second-order valence-electron chi connectivity index (χ2n) is 6.89. The van der Waals surface area contributed by atoms with Crippen LogP contribution in [0.5, 0.6) is 0 Å². The lowest BCUT2D eigenvalue weighted by Crippen LogP contribution is -2.52. The minimum Gasteiger partial charge on any atom is -0.465 e. The van der Waals surface area contributed by atoms with Crippen LogP contribution in [-0.4, -0.2) is 58.5 Å². The number of hydrogen-bond acceptors (Lipinski definition) is 5. The Balaban J connectivity index is 2.13. The molecule has 2 amide bonds. The molecule has 0 saturated carbocycles. The molecule has 0 atom stereocenters. The van der Waals surface area contributed by atoms with Crippen molar-refractivity contribution in [3.63, 3.8) is 0 Å². The monoisotopic (exact) mass is 445 g/mol. The van der Waals surface area contributed by atoms with E-state index in [1.165, 1.54) is 31.0 Å². The number of aromatic nitrogens is 1. The average Bonchev–Trinajstić information content (AvgIpc) is 3.01. The molecule has 156 valence electrons. The lowest BCUT2D eigenvalue weighted by atomic mass is 10.1. The maximum Gasteiger partial charge on any atom is 0.337 e. The highest BCUT2D eigenvalue weighted by Gasteiger charge is 2.35. The number of methoxy groups -OCH3 is 1. The predicted molar refractivity (Wildman–Crippen MR) is 118 cm³/mol. The molecular weight excluding hydrogens is 426 g/mol. The van der Waals surface area contributed by atoms with Gasteiger partial charge in [0.1, 0.15) is 5.57 Å². The maximum absolute atomic E-state index is 12.6. The van der Waals surface area contributed by atoms with E-state index in [2.05, 4.69) is 0 Å². The van der Waals surface area contributed by atoms with E-state index in [9.17, 15) is 14.4 Å². The van der Waals surface area contributed by atoms with Crippen molar-refractivity contribution in [3.05, 3.63) is 57.4 Å². The zero-order valence-corrected chi connectivity index (χ0v) is 18.7. The number of amides is 2. The van der Waals surface area contributed by atoms with E-state index < -0.39 is 17.8 Å². The summed E-state index contributed by atoms with van der Waals surface area (Å²) in [7, 11) is 4.37. The third-order valence-corrected chi connectivity index (χ3v) is 5.89. The molecule has 2 aromatic rings. The van der Waals surface area contributed by atoms with Crippen molar-refractivity contribution in [2.75, 3.05) is 21.2 Å². The summed E-state index contributed by atoms with van der Waals surface area (Å²) in [6.07, 6.45) is 1.55. The fourth-order valence-corrected chi connectivity index (χ4v) is 3.73. The quantitative estimate of drug-likeness (QED) is 0.314. The third kappa shape index (κ3) is 3.53. The van der Waals surface area contributed by atoms with E-state index in [1.807, 2.05) is 24.5 Å². The van der Waals surface area contributed by atoms with Crippen LogP contribution in [0.1, 0.15) is 27.3 Å². The molecule has 0 radical (unpaired) electrons. The maximum atomic E-state index is 12.6. The first-order chi connectivity index (χ1) is 14.1. The summed E-state index contributed by atoms with van der Waals surface area (Å²) >= 11 is 11.5. The number of thiocarbonyl (C=S) groups is 1. The van der Waals surface area contributed by atoms with Gasteiger partial charge in [-0.2, -0.15) is 0 Å². The smallest absolute Gasteiger partial charge is 0.337 e. The van der Waals surface area contributed by atoms with Gasteiger partial charge in [-0.05, 0) is 62.0 Å². The lowest BCUT2D eigenvalue weighted by Gasteiger charge is -2.31. The minimum atomic E-state index is -0.474. The fourth-order valence-electron chi connectivity index (χ4n) is 3.36. The van der Waals surface area contributed by atoms with E-state index in [1.54, 1.807) is 24.3 Å². The number of carbonyl (C=O) groups excluding carboxylic acids is 3. The van der Waals surface area contributed by atoms with Crippen molar-refractivity contribution in [1.82, 2.24) is 14.4 Å². The molecule has 3 rings (SSSR count). The molecule has 7 nitrogen and oxygen atoms in total. The first kappa shape index (κ1) is 21.7. The molecule has 1 aliphatic heterocycles. The van der Waals surface area contributed by atoms with Gasteiger partial charge >= 0.3 is 5.97 Å². The number of halogens is 1. The Bertz CT molecular complexity index is 1110. The van der Waals surface area contributed by atoms with Gasteiger partial charge in [-0.3, -0.25) is 19.4 Å². The summed E-state index contributed by atoms with van der Waals surface area (Å²) < 4.78 is 6.65. The van der Waals surface area contributed by atoms with Gasteiger partial charge < -0.3 is 9.30 Å². The van der Waals surface area contributed by atoms with Crippen LogP contribution in [0.3, 0.4) is 0 Å². The molecule has 1 aromatic heterocycles. The highest BCUT2D eigenvalue weighted by atomic mass is 35.5. The predicted octanol–water partition coefficient (Wildman–Crippen LogP) is 3.13. The van der Waals surface area contributed by atoms with Gasteiger partial charge in [0.25, 0.3) is 11.8 Å². The van der Waals surface area contributed by atoms with Crippen LogP contribution in [0.15, 0.2) is 29.8 Å². The van der Waals surface area contributed by atoms with Gasteiger partial charge in [0, 0.05) is 25.5 Å². The van der Waals surface area contributed by atoms with E-state index in [0.717, 1.165) is 11.4 Å². The minimum absolute atomic E-state index is 0.0169. The van der Waals surface area contributed by atoms with Crippen molar-refractivity contribution in [2.24, 2.45) is 0 Å². The Morgan fingerprint density at radius 3 is 2.27 bits per heavy atom. The molecule has 1 fully saturated rings. The number of nitrogens with zero attached hydrogens (tertiary/aromatic N) is 3. The van der Waals surface area contributed by atoms with Crippen LogP contribution in [0.25, 0.3) is 11.8 Å². The number of rotatable bonds is 3. The zero-order chi connectivity index (χ0) is 22.3. The Kier molecular flexibility index (Phi) is 5.83. The average molecular weight is 446 g/mol. The summed E-state index contributed by atoms with van der Waals surface area (Å²) in [4.78, 5) is 39.7. The molecule has 2 heterocycles. The Morgan fingerprint density at radius 1 is 1.10 bits per heavy atom. The van der Waals surface area contributed by atoms with Crippen LogP contribution in [0.2, 0.25) is 5.02 Å². The number of benzene rings is 1. The molecule has 0 unspecified atom stereocenters. The second-order valence-corrected chi connectivity index (χ2v) is 7.66. The summed E-state index contributed by atoms with van der Waals surface area (Å²) in [5.41, 5.74) is 3.22. The van der Waals surface area contributed by atoms with Gasteiger partial charge in [0.15, 0.2) is 5.11 Å². The standard InChI is InChI=1S/C21H20ClN3O4S/c1-11-8-14(9-15-18(26)23(3)21(30)24(4)19(15)27)12(2)25(11)17-10-13(20(28)29-5)6-7-16(17)22/h6-10H,1-5H3. The van der Waals surface area contributed by atoms with Gasteiger partial charge in [-0.1, -0.05) is 11.6 Å². The molecule has 0 aliphatic carbocycles. The zero-order valence-electron chi connectivity index (χ0n) is 17.1. The summed E-state index contributed by atoms with van der Waals surface area (Å²) in [5, 5.41) is 0.595. The first-order valence-corrected chi connectivity index (χ1v) is 9.76. The van der Waals surface area contributed by atoms with Gasteiger partial charge in [0.05, 0.1) is 23.4 Å². The number of aryl methyl sites for hydroxylation is 1. The summed E-state index contributed by atoms with van der Waals surface area (Å²) in [6.45, 7) is 3.71. The molecule has 30 heavy (non-hydrogen) atoms. The van der Waals surface area contributed by atoms with Crippen LogP contribution < -0.4 is 0 Å². The number of ether oxygens (including phenoxy) is 1. The topological polar surface area (TPSA) is 71.8 Å². The Labute approximate surface area is 184 Å². The third-order valence-electron chi connectivity index (χ3n) is 5.02. The Hall–Kier alpha value is -2.97. The second kappa shape index (κ2) is 8.04. The fraction of sp³-hybridized carbons (Fsp3) is 0.238. The summed E-state index contributed by atoms with van der Waals surface area (Å²) in [6, 6.07) is 6.70. The van der Waals surface area contributed by atoms with Crippen molar-refractivity contribution < 1.29 is 19.1 Å². The van der Waals surface area contributed by atoms with Crippen molar-refractivity contribution in [1.29, 1.82) is 0 Å². The number of hydrogen-bond donors (Lipinski definition) is 0. The van der Waals surface area contributed by atoms with Crippen LogP contribution in [0, 0.1) is 13.8 Å². The van der Waals surface area contributed by atoms with Crippen molar-refractivity contribution in [3.8, 4) is 5.69 Å². The van der Waals surface area contributed by atoms with E-state index in [0.29, 0.717) is 21.8 Å². The summed E-state index contributed by atoms with van der Waals surface area (Å²) in [5.74, 6) is -1.39. The largest absolute Gasteiger partial charge is 0.465 e. The number of carbonyl (C=O) groups is 3. The number of esters is 1. The lowest BCUT2D eigenvalue weighted by molar-refractivity contribution is -0.132. The molecule has 1 saturated heterocycles. The highest BCUT2D eigenvalue weighted by Crippen LogP contribution is 2.29. The van der Waals surface area contributed by atoms with E-state index >= 15 is 0 Å². The normalized spacial score (nSPS) is 14.5. The molecule has 0 N–H and O–H groups in total. The van der Waals surface area contributed by atoms with Crippen LogP contribution in [-0.2, 0) is 14.3 Å². The molecule has 0 bridgehead atoms. The van der Waals surface area contributed by atoms with Gasteiger partial charge in [-0.25, -0.2) is 4.79 Å². The van der Waals surface area contributed by atoms with E-state index in [4.69, 9.17) is 28.6 Å². The molecule has 0 spiro atoms. The SMILES string of the molecule is COC(=O)c1ccc(Cl)c(-n2c(C)cc(C=C3C(=O)N(C)C(=S)N(C)C3=O)c2C)c1. The van der Waals surface area contributed by atoms with E-state index in [-0.39, 0.29) is 10.7 Å². The van der Waals surface area contributed by atoms with Crippen molar-refractivity contribution >= 4 is 52.8 Å². The Morgan fingerprint density at radius 2 is 1.70 bits per heavy atom. The molecule has 9 heteroatoms. The van der Waals surface area contributed by atoms with Gasteiger partial charge in [-0.15, -0.1) is 0 Å². The van der Waals surface area contributed by atoms with Crippen LogP contribution in [0.4, 0.5) is 0 Å². The molecule has 1 aromatic carbocycles. The highest BCUT2D eigenvalue weighted by molar-refractivity contribution is 7.80. The first-order valence-electron chi connectivity index (χ1n) is 8.97. The molecular formula is C21H20ClN3O4S. The molecule has 1 aliphatic rings. The number of likely N-dealkylation sites (N-methyl/N-ethyl adjacent to an activating group) is 2. The van der Waals surface area contributed by atoms with Gasteiger partial charge in [0.2, 0.25) is 0 Å².